The van der Waals surface area contributed by atoms with Gasteiger partial charge in [0.1, 0.15) is 25.1 Å². The van der Waals surface area contributed by atoms with Gasteiger partial charge in [-0.1, -0.05) is 5.11 Å². The van der Waals surface area contributed by atoms with Crippen molar-refractivity contribution >= 4 is 22.4 Å². The van der Waals surface area contributed by atoms with Crippen LogP contribution in [0.4, 0.5) is 0 Å². The zero-order valence-electron chi connectivity index (χ0n) is 11.9. The van der Waals surface area contributed by atoms with Crippen molar-refractivity contribution in [3.8, 4) is 0 Å². The summed E-state index contributed by atoms with van der Waals surface area (Å²) in [6.45, 7) is -0.345. The second kappa shape index (κ2) is 7.90. The molecule has 0 saturated heterocycles. The SMILES string of the molecule is COC(=O)C1=CC(OCC=O)[C@@H](OS(C)(=O)=O)C(N=[N+]=[N-])C1. The molecule has 0 aromatic heterocycles. The standard InChI is InChI=1S/C11H15N3O7S/c1-19-11(16)7-5-8(13-14-12)10(21-22(2,17)18)9(6-7)20-4-3-15/h3,6,8-10H,4-5H2,1-2H3/t8?,9?,10-/m0/s1. The zero-order chi connectivity index (χ0) is 16.8. The fraction of sp³-hybridized carbons (Fsp3) is 0.636. The number of hydrogen-bond donors (Lipinski definition) is 0. The van der Waals surface area contributed by atoms with Crippen LogP contribution in [-0.2, 0) is 33.4 Å². The van der Waals surface area contributed by atoms with Crippen molar-refractivity contribution in [1.82, 2.24) is 0 Å². The van der Waals surface area contributed by atoms with Gasteiger partial charge >= 0.3 is 5.97 Å². The molecule has 2 unspecified atom stereocenters. The molecule has 10 nitrogen and oxygen atoms in total. The number of carbonyl (C=O) groups is 2. The molecule has 0 aromatic carbocycles. The lowest BCUT2D eigenvalue weighted by Crippen LogP contribution is -2.44. The fourth-order valence-corrected chi connectivity index (χ4v) is 2.63. The second-order valence-electron chi connectivity index (χ2n) is 4.39. The molecule has 0 heterocycles. The molecule has 1 aliphatic carbocycles. The zero-order valence-corrected chi connectivity index (χ0v) is 12.7. The average Bonchev–Trinajstić information content (AvgIpc) is 2.45. The summed E-state index contributed by atoms with van der Waals surface area (Å²) in [5, 5.41) is 3.45. The van der Waals surface area contributed by atoms with Gasteiger partial charge < -0.3 is 14.3 Å². The maximum Gasteiger partial charge on any atom is 0.333 e. The number of methoxy groups -OCH3 is 1. The highest BCUT2D eigenvalue weighted by molar-refractivity contribution is 7.86. The first-order chi connectivity index (χ1) is 10.3. The summed E-state index contributed by atoms with van der Waals surface area (Å²) in [6.07, 6.45) is 0.279. The van der Waals surface area contributed by atoms with Gasteiger partial charge in [0.15, 0.2) is 0 Å². The summed E-state index contributed by atoms with van der Waals surface area (Å²) in [5.74, 6) is -0.671. The van der Waals surface area contributed by atoms with E-state index in [1.54, 1.807) is 0 Å². The van der Waals surface area contributed by atoms with Crippen LogP contribution in [0, 0.1) is 0 Å². The first-order valence-electron chi connectivity index (χ1n) is 6.09. The van der Waals surface area contributed by atoms with Crippen LogP contribution in [0.15, 0.2) is 16.8 Å². The molecular formula is C11H15N3O7S. The van der Waals surface area contributed by atoms with Gasteiger partial charge in [0.25, 0.3) is 10.1 Å². The Labute approximate surface area is 126 Å². The molecule has 0 fully saturated rings. The summed E-state index contributed by atoms with van der Waals surface area (Å²) >= 11 is 0. The Kier molecular flexibility index (Phi) is 6.50. The van der Waals surface area contributed by atoms with E-state index < -0.39 is 34.3 Å². The van der Waals surface area contributed by atoms with Gasteiger partial charge in [0, 0.05) is 10.5 Å². The fourth-order valence-electron chi connectivity index (χ4n) is 1.99. The monoisotopic (exact) mass is 333 g/mol. The van der Waals surface area contributed by atoms with Crippen molar-refractivity contribution in [2.75, 3.05) is 20.0 Å². The topological polar surface area (TPSA) is 145 Å². The number of nitrogens with zero attached hydrogens (tertiary/aromatic N) is 3. The van der Waals surface area contributed by atoms with Crippen molar-refractivity contribution in [1.29, 1.82) is 0 Å². The van der Waals surface area contributed by atoms with Crippen LogP contribution in [0.5, 0.6) is 0 Å². The Balaban J connectivity index is 3.20. The van der Waals surface area contributed by atoms with Crippen molar-refractivity contribution in [2.24, 2.45) is 5.11 Å². The maximum atomic E-state index is 11.6. The van der Waals surface area contributed by atoms with E-state index in [-0.39, 0.29) is 18.6 Å². The van der Waals surface area contributed by atoms with Crippen LogP contribution in [0.1, 0.15) is 6.42 Å². The van der Waals surface area contributed by atoms with Crippen molar-refractivity contribution < 1.29 is 31.7 Å². The molecular weight excluding hydrogens is 318 g/mol. The molecule has 0 saturated carbocycles. The maximum absolute atomic E-state index is 11.6. The lowest BCUT2D eigenvalue weighted by Gasteiger charge is -2.32. The molecule has 3 atom stereocenters. The molecule has 0 bridgehead atoms. The Morgan fingerprint density at radius 1 is 1.59 bits per heavy atom. The van der Waals surface area contributed by atoms with Crippen molar-refractivity contribution in [3.05, 3.63) is 22.1 Å². The predicted octanol–water partition coefficient (Wildman–Crippen LogP) is 0.0973. The van der Waals surface area contributed by atoms with Crippen LogP contribution in [-0.4, -0.2) is 58.9 Å². The first-order valence-corrected chi connectivity index (χ1v) is 7.90. The highest BCUT2D eigenvalue weighted by Crippen LogP contribution is 2.28. The average molecular weight is 333 g/mol. The third-order valence-corrected chi connectivity index (χ3v) is 3.36. The molecule has 0 amide bonds. The second-order valence-corrected chi connectivity index (χ2v) is 5.99. The Morgan fingerprint density at radius 2 is 2.27 bits per heavy atom. The lowest BCUT2D eigenvalue weighted by atomic mass is 9.90. The van der Waals surface area contributed by atoms with E-state index in [0.29, 0.717) is 6.29 Å². The Morgan fingerprint density at radius 3 is 2.77 bits per heavy atom. The Bertz CT molecular complexity index is 609. The van der Waals surface area contributed by atoms with Gasteiger partial charge in [-0.15, -0.1) is 0 Å². The number of rotatable bonds is 7. The minimum absolute atomic E-state index is 0.0716. The first kappa shape index (κ1) is 18.1. The van der Waals surface area contributed by atoms with Crippen LogP contribution < -0.4 is 0 Å². The normalized spacial score (nSPS) is 24.8. The summed E-state index contributed by atoms with van der Waals surface area (Å²) < 4.78 is 37.3. The number of carbonyl (C=O) groups excluding carboxylic acids is 2. The summed E-state index contributed by atoms with van der Waals surface area (Å²) in [5.41, 5.74) is 8.74. The summed E-state index contributed by atoms with van der Waals surface area (Å²) in [6, 6.07) is -1.00. The lowest BCUT2D eigenvalue weighted by molar-refractivity contribution is -0.136. The molecule has 0 aromatic rings. The largest absolute Gasteiger partial charge is 0.466 e. The highest BCUT2D eigenvalue weighted by Gasteiger charge is 2.38. The van der Waals surface area contributed by atoms with Crippen LogP contribution in [0.3, 0.4) is 0 Å². The minimum atomic E-state index is -3.87. The smallest absolute Gasteiger partial charge is 0.333 e. The molecule has 0 aliphatic heterocycles. The van der Waals surface area contributed by atoms with E-state index in [0.717, 1.165) is 6.26 Å². The van der Waals surface area contributed by atoms with Crippen molar-refractivity contribution in [3.63, 3.8) is 0 Å². The molecule has 0 radical (unpaired) electrons. The van der Waals surface area contributed by atoms with E-state index >= 15 is 0 Å². The molecule has 11 heteroatoms. The number of ether oxygens (including phenoxy) is 2. The van der Waals surface area contributed by atoms with Crippen molar-refractivity contribution in [2.45, 2.75) is 24.7 Å². The van der Waals surface area contributed by atoms with Crippen LogP contribution in [0.2, 0.25) is 0 Å². The van der Waals surface area contributed by atoms with E-state index in [4.69, 9.17) is 14.5 Å². The van der Waals surface area contributed by atoms with Gasteiger partial charge in [0.05, 0.1) is 19.4 Å². The van der Waals surface area contributed by atoms with Gasteiger partial charge in [-0.2, -0.15) is 8.42 Å². The molecule has 1 aliphatic rings. The molecule has 1 rings (SSSR count). The third kappa shape index (κ3) is 5.11. The van der Waals surface area contributed by atoms with E-state index in [1.165, 1.54) is 13.2 Å². The van der Waals surface area contributed by atoms with E-state index in [1.807, 2.05) is 0 Å². The van der Waals surface area contributed by atoms with Gasteiger partial charge in [-0.3, -0.25) is 4.18 Å². The Hall–Kier alpha value is -1.94. The predicted molar refractivity (Wildman–Crippen MR) is 73.2 cm³/mol. The van der Waals surface area contributed by atoms with Crippen LogP contribution >= 0.6 is 0 Å². The number of esters is 1. The quantitative estimate of drug-likeness (QED) is 0.160. The van der Waals surface area contributed by atoms with Gasteiger partial charge in [-0.25, -0.2) is 4.79 Å². The summed E-state index contributed by atoms with van der Waals surface area (Å²) in [7, 11) is -2.70. The van der Waals surface area contributed by atoms with E-state index in [2.05, 4.69) is 14.8 Å². The van der Waals surface area contributed by atoms with E-state index in [9.17, 15) is 18.0 Å². The molecule has 22 heavy (non-hydrogen) atoms. The number of hydrogen-bond acceptors (Lipinski definition) is 8. The molecule has 122 valence electrons. The molecule has 0 spiro atoms. The summed E-state index contributed by atoms with van der Waals surface area (Å²) in [4.78, 5) is 24.7. The van der Waals surface area contributed by atoms with Crippen LogP contribution in [0.25, 0.3) is 10.4 Å². The minimum Gasteiger partial charge on any atom is -0.466 e. The third-order valence-electron chi connectivity index (χ3n) is 2.79. The highest BCUT2D eigenvalue weighted by atomic mass is 32.2. The van der Waals surface area contributed by atoms with Gasteiger partial charge in [0.2, 0.25) is 0 Å². The number of aldehydes is 1. The van der Waals surface area contributed by atoms with Gasteiger partial charge in [-0.05, 0) is 18.0 Å². The molecule has 0 N–H and O–H groups in total. The number of azide groups is 1.